The van der Waals surface area contributed by atoms with Crippen molar-refractivity contribution in [3.63, 3.8) is 0 Å². The maximum atomic E-state index is 12.6. The topological polar surface area (TPSA) is 122 Å². The second-order valence-corrected chi connectivity index (χ2v) is 7.53. The van der Waals surface area contributed by atoms with Crippen LogP contribution in [0.1, 0.15) is 25.7 Å². The average Bonchev–Trinajstić information content (AvgIpc) is 2.69. The van der Waals surface area contributed by atoms with Gasteiger partial charge in [0.05, 0.1) is 11.5 Å². The van der Waals surface area contributed by atoms with Crippen molar-refractivity contribution in [2.24, 2.45) is 11.7 Å². The van der Waals surface area contributed by atoms with Crippen LogP contribution in [0.15, 0.2) is 24.3 Å². The van der Waals surface area contributed by atoms with E-state index in [4.69, 9.17) is 5.73 Å². The summed E-state index contributed by atoms with van der Waals surface area (Å²) >= 11 is 0. The fourth-order valence-corrected chi connectivity index (χ4v) is 4.04. The summed E-state index contributed by atoms with van der Waals surface area (Å²) < 4.78 is 0. The highest BCUT2D eigenvalue weighted by Gasteiger charge is 2.30. The maximum absolute atomic E-state index is 12.6. The molecule has 0 saturated carbocycles. The normalized spacial score (nSPS) is 19.4. The van der Waals surface area contributed by atoms with Crippen LogP contribution in [0, 0.1) is 16.0 Å². The van der Waals surface area contributed by atoms with Crippen LogP contribution in [0.5, 0.6) is 0 Å². The number of likely N-dealkylation sites (tertiary alicyclic amines) is 1. The number of nitro benzene ring substituents is 1. The van der Waals surface area contributed by atoms with Gasteiger partial charge in [0.15, 0.2) is 0 Å². The molecule has 0 aliphatic carbocycles. The molecule has 0 atom stereocenters. The van der Waals surface area contributed by atoms with Crippen LogP contribution in [-0.2, 0) is 9.59 Å². The van der Waals surface area contributed by atoms with Gasteiger partial charge in [-0.05, 0) is 31.7 Å². The molecule has 0 unspecified atom stereocenters. The van der Waals surface area contributed by atoms with Crippen LogP contribution in [0.2, 0.25) is 0 Å². The minimum atomic E-state index is -0.362. The number of benzene rings is 1. The lowest BCUT2D eigenvalue weighted by atomic mass is 9.94. The number of nitrogens with one attached hydrogen (secondary N) is 1. The first-order chi connectivity index (χ1) is 13.4. The number of primary amides is 1. The molecule has 0 bridgehead atoms. The summed E-state index contributed by atoms with van der Waals surface area (Å²) in [5.41, 5.74) is 5.95. The molecule has 9 heteroatoms. The molecule has 2 fully saturated rings. The smallest absolute Gasteiger partial charge is 0.292 e. The first-order valence-electron chi connectivity index (χ1n) is 9.73. The van der Waals surface area contributed by atoms with E-state index >= 15 is 0 Å². The molecule has 1 aromatic rings. The third-order valence-electron chi connectivity index (χ3n) is 5.60. The van der Waals surface area contributed by atoms with E-state index in [-0.39, 0.29) is 40.9 Å². The Labute approximate surface area is 164 Å². The van der Waals surface area contributed by atoms with Gasteiger partial charge in [-0.15, -0.1) is 0 Å². The van der Waals surface area contributed by atoms with Crippen molar-refractivity contribution in [2.75, 3.05) is 37.6 Å². The van der Waals surface area contributed by atoms with E-state index in [1.807, 2.05) is 9.80 Å². The Hall–Kier alpha value is -2.68. The van der Waals surface area contributed by atoms with Gasteiger partial charge in [0, 0.05) is 44.2 Å². The van der Waals surface area contributed by atoms with E-state index < -0.39 is 0 Å². The van der Waals surface area contributed by atoms with E-state index in [1.165, 1.54) is 6.07 Å². The number of para-hydroxylation sites is 2. The molecule has 1 aromatic carbocycles. The summed E-state index contributed by atoms with van der Waals surface area (Å²) in [5.74, 6) is -0.328. The van der Waals surface area contributed by atoms with Crippen LogP contribution in [0.3, 0.4) is 0 Å². The van der Waals surface area contributed by atoms with Gasteiger partial charge in [0.2, 0.25) is 11.8 Å². The molecule has 3 N–H and O–H groups in total. The molecule has 2 amide bonds. The molecule has 2 heterocycles. The fourth-order valence-electron chi connectivity index (χ4n) is 4.04. The summed E-state index contributed by atoms with van der Waals surface area (Å²) in [6.45, 7) is 3.03. The molecule has 3 rings (SSSR count). The van der Waals surface area contributed by atoms with Crippen LogP contribution < -0.4 is 16.0 Å². The number of rotatable bonds is 6. The quantitative estimate of drug-likeness (QED) is 0.550. The Kier molecular flexibility index (Phi) is 6.45. The maximum Gasteiger partial charge on any atom is 0.292 e. The second-order valence-electron chi connectivity index (χ2n) is 7.53. The minimum absolute atomic E-state index is 0.0653. The average molecular weight is 389 g/mol. The fraction of sp³-hybridized carbons (Fsp3) is 0.579. The second kappa shape index (κ2) is 9.01. The summed E-state index contributed by atoms with van der Waals surface area (Å²) in [6.07, 6.45) is 2.99. The number of nitro groups is 1. The molecule has 28 heavy (non-hydrogen) atoms. The van der Waals surface area contributed by atoms with Gasteiger partial charge >= 0.3 is 0 Å². The van der Waals surface area contributed by atoms with E-state index in [0.717, 1.165) is 25.9 Å². The predicted octanol–water partition coefficient (Wildman–Crippen LogP) is 0.877. The zero-order valence-corrected chi connectivity index (χ0v) is 15.9. The van der Waals surface area contributed by atoms with Gasteiger partial charge in [-0.25, -0.2) is 0 Å². The molecule has 9 nitrogen and oxygen atoms in total. The third-order valence-corrected chi connectivity index (χ3v) is 5.60. The van der Waals surface area contributed by atoms with Gasteiger partial charge in [-0.1, -0.05) is 12.1 Å². The Bertz CT molecular complexity index is 725. The SMILES string of the molecule is NC(=O)CN1CCC(NC(=O)C2CCN(c3ccccc3[N+](=O)[O-])CC2)CC1. The Balaban J connectivity index is 1.47. The molecule has 2 aliphatic heterocycles. The highest BCUT2D eigenvalue weighted by molar-refractivity contribution is 5.79. The molecule has 0 spiro atoms. The lowest BCUT2D eigenvalue weighted by Gasteiger charge is -2.35. The molecular weight excluding hydrogens is 362 g/mol. The summed E-state index contributed by atoms with van der Waals surface area (Å²) in [7, 11) is 0. The van der Waals surface area contributed by atoms with Gasteiger partial charge in [0.25, 0.3) is 5.69 Å². The van der Waals surface area contributed by atoms with Gasteiger partial charge in [-0.2, -0.15) is 0 Å². The molecule has 2 aliphatic rings. The Morgan fingerprint density at radius 1 is 1.11 bits per heavy atom. The number of anilines is 1. The van der Waals surface area contributed by atoms with Crippen molar-refractivity contribution in [3.05, 3.63) is 34.4 Å². The number of carbonyl (C=O) groups is 2. The van der Waals surface area contributed by atoms with Crippen molar-refractivity contribution >= 4 is 23.2 Å². The molecular formula is C19H27N5O4. The predicted molar refractivity (Wildman–Crippen MR) is 105 cm³/mol. The Morgan fingerprint density at radius 3 is 2.36 bits per heavy atom. The van der Waals surface area contributed by atoms with E-state index in [1.54, 1.807) is 18.2 Å². The third kappa shape index (κ3) is 4.98. The number of hydrogen-bond acceptors (Lipinski definition) is 6. The van der Waals surface area contributed by atoms with Crippen molar-refractivity contribution in [2.45, 2.75) is 31.7 Å². The van der Waals surface area contributed by atoms with Crippen LogP contribution >= 0.6 is 0 Å². The lowest BCUT2D eigenvalue weighted by molar-refractivity contribution is -0.384. The molecule has 0 aromatic heterocycles. The number of amides is 2. The number of hydrogen-bond donors (Lipinski definition) is 2. The minimum Gasteiger partial charge on any atom is -0.369 e. The van der Waals surface area contributed by atoms with Gasteiger partial charge < -0.3 is 16.0 Å². The zero-order chi connectivity index (χ0) is 20.1. The zero-order valence-electron chi connectivity index (χ0n) is 15.9. The molecule has 152 valence electrons. The summed E-state index contributed by atoms with van der Waals surface area (Å²) in [5, 5.41) is 14.4. The molecule has 2 saturated heterocycles. The highest BCUT2D eigenvalue weighted by Crippen LogP contribution is 2.31. The van der Waals surface area contributed by atoms with Crippen molar-refractivity contribution in [1.82, 2.24) is 10.2 Å². The van der Waals surface area contributed by atoms with Crippen LogP contribution in [0.25, 0.3) is 0 Å². The van der Waals surface area contributed by atoms with E-state index in [9.17, 15) is 19.7 Å². The van der Waals surface area contributed by atoms with Gasteiger partial charge in [0.1, 0.15) is 5.69 Å². The first-order valence-corrected chi connectivity index (χ1v) is 9.73. The Morgan fingerprint density at radius 2 is 1.75 bits per heavy atom. The largest absolute Gasteiger partial charge is 0.369 e. The van der Waals surface area contributed by atoms with Crippen molar-refractivity contribution < 1.29 is 14.5 Å². The number of nitrogens with two attached hydrogens (primary N) is 1. The number of carbonyl (C=O) groups excluding carboxylic acids is 2. The van der Waals surface area contributed by atoms with Crippen LogP contribution in [-0.4, -0.2) is 60.4 Å². The monoisotopic (exact) mass is 389 g/mol. The van der Waals surface area contributed by atoms with Crippen LogP contribution in [0.4, 0.5) is 11.4 Å². The first kappa shape index (κ1) is 20.1. The lowest BCUT2D eigenvalue weighted by Crippen LogP contribution is -2.49. The standard InChI is InChI=1S/C19H27N5O4/c20-18(25)13-22-9-7-15(8-10-22)21-19(26)14-5-11-23(12-6-14)16-3-1-2-4-17(16)24(27)28/h1-4,14-15H,5-13H2,(H2,20,25)(H,21,26). The highest BCUT2D eigenvalue weighted by atomic mass is 16.6. The summed E-state index contributed by atoms with van der Waals surface area (Å²) in [6, 6.07) is 6.87. The number of piperidine rings is 2. The van der Waals surface area contributed by atoms with Crippen molar-refractivity contribution in [3.8, 4) is 0 Å². The van der Waals surface area contributed by atoms with Crippen molar-refractivity contribution in [1.29, 1.82) is 0 Å². The van der Waals surface area contributed by atoms with E-state index in [0.29, 0.717) is 31.6 Å². The number of nitrogens with zero attached hydrogens (tertiary/aromatic N) is 3. The van der Waals surface area contributed by atoms with E-state index in [2.05, 4.69) is 5.32 Å². The molecule has 0 radical (unpaired) electrons. The van der Waals surface area contributed by atoms with Gasteiger partial charge in [-0.3, -0.25) is 24.6 Å². The summed E-state index contributed by atoms with van der Waals surface area (Å²) in [4.78, 5) is 38.5.